The molecule has 1 aromatic carbocycles. The Hall–Kier alpha value is -1.63. The molecule has 1 atom stereocenters. The van der Waals surface area contributed by atoms with Gasteiger partial charge in [0.25, 0.3) is 0 Å². The van der Waals surface area contributed by atoms with Crippen LogP contribution < -0.4 is 9.64 Å². The van der Waals surface area contributed by atoms with Crippen molar-refractivity contribution in [1.29, 1.82) is 0 Å². The van der Waals surface area contributed by atoms with Crippen molar-refractivity contribution in [3.8, 4) is 5.75 Å². The Kier molecular flexibility index (Phi) is 8.41. The van der Waals surface area contributed by atoms with E-state index in [0.717, 1.165) is 50.0 Å². The van der Waals surface area contributed by atoms with Gasteiger partial charge in [0.05, 0.1) is 12.6 Å². The van der Waals surface area contributed by atoms with Crippen molar-refractivity contribution in [2.24, 2.45) is 0 Å². The number of likely N-dealkylation sites (tertiary alicyclic amines) is 1. The Balaban J connectivity index is 1.03. The van der Waals surface area contributed by atoms with Crippen LogP contribution in [0.25, 0.3) is 0 Å². The number of piperazine rings is 1. The Morgan fingerprint density at radius 1 is 0.794 bits per heavy atom. The number of benzene rings is 1. The molecule has 0 aromatic heterocycles. The molecule has 0 N–H and O–H groups in total. The standard InChI is InChI=1S/C28H44N4O2/c33-28-14-11-26(23-30-15-4-1-5-16-30)32(28)25-9-12-27(13-10-25)34-22-6-17-29-18-20-31(21-19-29)24-7-2-3-8-24/h9-10,12-13,24,26H,1-8,11,14-23H2/t26-/m0/s1. The van der Waals surface area contributed by atoms with Gasteiger partial charge in [0.1, 0.15) is 5.75 Å². The molecule has 6 heteroatoms. The maximum absolute atomic E-state index is 12.6. The van der Waals surface area contributed by atoms with Crippen LogP contribution in [0.2, 0.25) is 0 Å². The van der Waals surface area contributed by atoms with Gasteiger partial charge in [-0.05, 0) is 75.9 Å². The molecule has 4 aliphatic rings. The van der Waals surface area contributed by atoms with Crippen molar-refractivity contribution < 1.29 is 9.53 Å². The van der Waals surface area contributed by atoms with Gasteiger partial charge in [-0.15, -0.1) is 0 Å². The van der Waals surface area contributed by atoms with E-state index in [0.29, 0.717) is 12.5 Å². The summed E-state index contributed by atoms with van der Waals surface area (Å²) in [5, 5.41) is 0. The first-order valence-electron chi connectivity index (χ1n) is 14.0. The Bertz CT molecular complexity index is 765. The van der Waals surface area contributed by atoms with E-state index in [9.17, 15) is 4.79 Å². The molecule has 6 nitrogen and oxygen atoms in total. The Morgan fingerprint density at radius 3 is 2.26 bits per heavy atom. The molecule has 5 rings (SSSR count). The molecule has 0 unspecified atom stereocenters. The zero-order chi connectivity index (χ0) is 23.2. The van der Waals surface area contributed by atoms with Crippen LogP contribution in [-0.4, -0.2) is 91.7 Å². The summed E-state index contributed by atoms with van der Waals surface area (Å²) in [5.74, 6) is 1.18. The fraction of sp³-hybridized carbons (Fsp3) is 0.750. The first-order valence-corrected chi connectivity index (χ1v) is 14.0. The van der Waals surface area contributed by atoms with Crippen LogP contribution in [0.4, 0.5) is 5.69 Å². The molecule has 4 fully saturated rings. The summed E-state index contributed by atoms with van der Waals surface area (Å²) in [6, 6.07) is 9.41. The highest BCUT2D eigenvalue weighted by Crippen LogP contribution is 2.29. The van der Waals surface area contributed by atoms with Crippen molar-refractivity contribution in [2.45, 2.75) is 76.3 Å². The van der Waals surface area contributed by atoms with Gasteiger partial charge in [-0.3, -0.25) is 9.69 Å². The van der Waals surface area contributed by atoms with Crippen LogP contribution >= 0.6 is 0 Å². The average molecular weight is 469 g/mol. The van der Waals surface area contributed by atoms with Crippen molar-refractivity contribution in [3.63, 3.8) is 0 Å². The molecule has 0 radical (unpaired) electrons. The molecule has 1 aliphatic carbocycles. The molecular formula is C28H44N4O2. The summed E-state index contributed by atoms with van der Waals surface area (Å²) in [4.78, 5) is 22.6. The van der Waals surface area contributed by atoms with Gasteiger partial charge in [0.2, 0.25) is 5.91 Å². The summed E-state index contributed by atoms with van der Waals surface area (Å²) < 4.78 is 6.04. The van der Waals surface area contributed by atoms with E-state index in [-0.39, 0.29) is 5.91 Å². The molecule has 188 valence electrons. The molecule has 3 heterocycles. The molecular weight excluding hydrogens is 424 g/mol. The number of carbonyl (C=O) groups excluding carboxylic acids is 1. The summed E-state index contributed by atoms with van der Waals surface area (Å²) in [6.45, 7) is 10.1. The molecule has 3 saturated heterocycles. The summed E-state index contributed by atoms with van der Waals surface area (Å²) in [6.07, 6.45) is 12.3. The second-order valence-corrected chi connectivity index (χ2v) is 10.8. The van der Waals surface area contributed by atoms with Gasteiger partial charge in [-0.2, -0.15) is 0 Å². The molecule has 1 amide bonds. The number of nitrogens with zero attached hydrogens (tertiary/aromatic N) is 4. The quantitative estimate of drug-likeness (QED) is 0.513. The zero-order valence-corrected chi connectivity index (χ0v) is 21.0. The lowest BCUT2D eigenvalue weighted by Crippen LogP contribution is -2.49. The van der Waals surface area contributed by atoms with Crippen LogP contribution in [0, 0.1) is 0 Å². The smallest absolute Gasteiger partial charge is 0.227 e. The maximum atomic E-state index is 12.6. The van der Waals surface area contributed by atoms with Crippen molar-refractivity contribution in [2.75, 3.05) is 63.9 Å². The minimum absolute atomic E-state index is 0.267. The number of anilines is 1. The van der Waals surface area contributed by atoms with Crippen LogP contribution in [0.15, 0.2) is 24.3 Å². The number of hydrogen-bond acceptors (Lipinski definition) is 5. The predicted octanol–water partition coefficient (Wildman–Crippen LogP) is 4.00. The molecule has 34 heavy (non-hydrogen) atoms. The van der Waals surface area contributed by atoms with Crippen LogP contribution in [0.3, 0.4) is 0 Å². The first-order chi connectivity index (χ1) is 16.8. The van der Waals surface area contributed by atoms with Crippen LogP contribution in [-0.2, 0) is 4.79 Å². The predicted molar refractivity (Wildman–Crippen MR) is 138 cm³/mol. The van der Waals surface area contributed by atoms with Gasteiger partial charge in [-0.1, -0.05) is 19.3 Å². The maximum Gasteiger partial charge on any atom is 0.227 e. The van der Waals surface area contributed by atoms with Crippen LogP contribution in [0.1, 0.15) is 64.2 Å². The highest BCUT2D eigenvalue weighted by Gasteiger charge is 2.33. The number of piperidine rings is 1. The number of amides is 1. The van der Waals surface area contributed by atoms with Crippen molar-refractivity contribution in [3.05, 3.63) is 24.3 Å². The number of carbonyl (C=O) groups is 1. The van der Waals surface area contributed by atoms with Gasteiger partial charge in [0.15, 0.2) is 0 Å². The normalized spacial score (nSPS) is 25.9. The zero-order valence-electron chi connectivity index (χ0n) is 21.0. The SMILES string of the molecule is O=C1CC[C@@H](CN2CCCCC2)N1c1ccc(OCCCN2CCN(C3CCCC3)CC2)cc1. The minimum atomic E-state index is 0.267. The lowest BCUT2D eigenvalue weighted by Gasteiger charge is -2.38. The molecule has 1 aromatic rings. The van der Waals surface area contributed by atoms with E-state index >= 15 is 0 Å². The minimum Gasteiger partial charge on any atom is -0.494 e. The third-order valence-electron chi connectivity index (χ3n) is 8.49. The van der Waals surface area contributed by atoms with E-state index in [4.69, 9.17) is 4.74 Å². The molecule has 3 aliphatic heterocycles. The van der Waals surface area contributed by atoms with E-state index in [1.165, 1.54) is 84.2 Å². The largest absolute Gasteiger partial charge is 0.494 e. The first kappa shape index (κ1) is 24.1. The third-order valence-corrected chi connectivity index (χ3v) is 8.49. The van der Waals surface area contributed by atoms with Crippen LogP contribution in [0.5, 0.6) is 5.75 Å². The fourth-order valence-electron chi connectivity index (χ4n) is 6.51. The fourth-order valence-corrected chi connectivity index (χ4v) is 6.51. The summed E-state index contributed by atoms with van der Waals surface area (Å²) >= 11 is 0. The lowest BCUT2D eigenvalue weighted by atomic mass is 10.1. The van der Waals surface area contributed by atoms with Gasteiger partial charge >= 0.3 is 0 Å². The van der Waals surface area contributed by atoms with Crippen molar-refractivity contribution >= 4 is 11.6 Å². The van der Waals surface area contributed by atoms with E-state index < -0.39 is 0 Å². The molecule has 0 spiro atoms. The number of rotatable bonds is 9. The molecule has 0 bridgehead atoms. The third kappa shape index (κ3) is 6.13. The highest BCUT2D eigenvalue weighted by molar-refractivity contribution is 5.96. The van der Waals surface area contributed by atoms with Gasteiger partial charge in [0, 0.05) is 57.4 Å². The second-order valence-electron chi connectivity index (χ2n) is 10.8. The highest BCUT2D eigenvalue weighted by atomic mass is 16.5. The topological polar surface area (TPSA) is 39.3 Å². The number of ether oxygens (including phenoxy) is 1. The number of hydrogen-bond donors (Lipinski definition) is 0. The van der Waals surface area contributed by atoms with E-state index in [1.807, 2.05) is 17.0 Å². The average Bonchev–Trinajstić information content (AvgIpc) is 3.54. The molecule has 1 saturated carbocycles. The van der Waals surface area contributed by atoms with E-state index in [2.05, 4.69) is 26.8 Å². The lowest BCUT2D eigenvalue weighted by molar-refractivity contribution is -0.117. The summed E-state index contributed by atoms with van der Waals surface area (Å²) in [7, 11) is 0. The van der Waals surface area contributed by atoms with Gasteiger partial charge in [-0.25, -0.2) is 0 Å². The summed E-state index contributed by atoms with van der Waals surface area (Å²) in [5.41, 5.74) is 1.02. The Labute approximate surface area is 206 Å². The van der Waals surface area contributed by atoms with E-state index in [1.54, 1.807) is 0 Å². The van der Waals surface area contributed by atoms with Gasteiger partial charge < -0.3 is 19.4 Å². The Morgan fingerprint density at radius 2 is 1.53 bits per heavy atom. The monoisotopic (exact) mass is 468 g/mol. The second kappa shape index (κ2) is 11.9. The van der Waals surface area contributed by atoms with Crippen molar-refractivity contribution in [1.82, 2.24) is 14.7 Å².